The molecule has 84 valence electrons. The maximum atomic E-state index is 5.89. The number of hydrogen-bond acceptors (Lipinski definition) is 2. The second kappa shape index (κ2) is 5.01. The Balaban J connectivity index is 1.82. The van der Waals surface area contributed by atoms with E-state index in [9.17, 15) is 0 Å². The summed E-state index contributed by atoms with van der Waals surface area (Å²) in [5, 5.41) is 3.44. The fourth-order valence-electron chi connectivity index (χ4n) is 3.10. The Kier molecular flexibility index (Phi) is 3.66. The van der Waals surface area contributed by atoms with Gasteiger partial charge in [0.15, 0.2) is 0 Å². The van der Waals surface area contributed by atoms with Crippen LogP contribution < -0.4 is 5.32 Å². The summed E-state index contributed by atoms with van der Waals surface area (Å²) < 4.78 is 5.89. The third-order valence-electron chi connectivity index (χ3n) is 3.88. The molecule has 2 saturated heterocycles. The average Bonchev–Trinajstić information content (AvgIpc) is 2.86. The molecule has 0 aliphatic carbocycles. The van der Waals surface area contributed by atoms with E-state index in [0.717, 1.165) is 18.8 Å². The van der Waals surface area contributed by atoms with Gasteiger partial charge in [0, 0.05) is 18.4 Å². The van der Waals surface area contributed by atoms with E-state index in [2.05, 4.69) is 18.3 Å². The maximum absolute atomic E-state index is 5.89. The molecule has 0 aromatic heterocycles. The normalized spacial score (nSPS) is 35.3. The molecule has 2 rings (SSSR count). The molecule has 15 heavy (non-hydrogen) atoms. The van der Waals surface area contributed by atoms with Crippen molar-refractivity contribution in [3.05, 3.63) is 0 Å². The van der Waals surface area contributed by atoms with Crippen LogP contribution in [0.1, 0.15) is 38.5 Å². The second-order valence-electron chi connectivity index (χ2n) is 4.76. The van der Waals surface area contributed by atoms with Crippen LogP contribution in [-0.4, -0.2) is 25.3 Å². The number of fused-ring (bicyclic) bond motifs is 2. The third kappa shape index (κ3) is 2.35. The molecule has 2 heteroatoms. The zero-order valence-corrected chi connectivity index (χ0v) is 9.54. The van der Waals surface area contributed by atoms with Gasteiger partial charge in [0.25, 0.3) is 0 Å². The van der Waals surface area contributed by atoms with Gasteiger partial charge in [-0.25, -0.2) is 0 Å². The molecule has 2 bridgehead atoms. The maximum Gasteiger partial charge on any atom is 0.0623 e. The summed E-state index contributed by atoms with van der Waals surface area (Å²) in [5.74, 6) is 3.44. The first-order valence-corrected chi connectivity index (χ1v) is 6.11. The van der Waals surface area contributed by atoms with Crippen molar-refractivity contribution >= 4 is 0 Å². The summed E-state index contributed by atoms with van der Waals surface area (Å²) >= 11 is 0. The van der Waals surface area contributed by atoms with Gasteiger partial charge in [-0.3, -0.25) is 0 Å². The number of terminal acetylenes is 1. The molecular weight excluding hydrogens is 186 g/mol. The number of nitrogens with one attached hydrogen (secondary N) is 1. The van der Waals surface area contributed by atoms with Crippen molar-refractivity contribution in [2.45, 2.75) is 56.8 Å². The van der Waals surface area contributed by atoms with Gasteiger partial charge in [0.2, 0.25) is 0 Å². The molecule has 2 heterocycles. The van der Waals surface area contributed by atoms with Crippen molar-refractivity contribution in [3.63, 3.8) is 0 Å². The first-order chi connectivity index (χ1) is 7.35. The lowest BCUT2D eigenvalue weighted by atomic mass is 9.82. The van der Waals surface area contributed by atoms with Gasteiger partial charge in [0.1, 0.15) is 0 Å². The Labute approximate surface area is 92.8 Å². The summed E-state index contributed by atoms with van der Waals surface area (Å²) in [6.45, 7) is 0. The number of rotatable bonds is 5. The molecule has 4 atom stereocenters. The highest BCUT2D eigenvalue weighted by molar-refractivity contribution is 4.95. The van der Waals surface area contributed by atoms with Gasteiger partial charge in [-0.05, 0) is 39.2 Å². The molecule has 0 amide bonds. The summed E-state index contributed by atoms with van der Waals surface area (Å²) in [4.78, 5) is 0. The van der Waals surface area contributed by atoms with Crippen LogP contribution in [-0.2, 0) is 4.74 Å². The van der Waals surface area contributed by atoms with E-state index in [1.807, 2.05) is 0 Å². The smallest absolute Gasteiger partial charge is 0.0623 e. The summed E-state index contributed by atoms with van der Waals surface area (Å²) in [6.07, 6.45) is 13.4. The molecule has 2 aliphatic heterocycles. The van der Waals surface area contributed by atoms with Crippen molar-refractivity contribution in [1.82, 2.24) is 5.32 Å². The fraction of sp³-hybridized carbons (Fsp3) is 0.846. The van der Waals surface area contributed by atoms with Crippen molar-refractivity contribution in [1.29, 1.82) is 0 Å². The Morgan fingerprint density at radius 3 is 2.93 bits per heavy atom. The van der Waals surface area contributed by atoms with Gasteiger partial charge in [-0.15, -0.1) is 12.3 Å². The molecule has 2 aliphatic rings. The van der Waals surface area contributed by atoms with Crippen LogP contribution in [0.5, 0.6) is 0 Å². The molecule has 0 saturated carbocycles. The van der Waals surface area contributed by atoms with Crippen LogP contribution in [0.2, 0.25) is 0 Å². The molecule has 0 aromatic carbocycles. The molecule has 0 spiro atoms. The van der Waals surface area contributed by atoms with Crippen molar-refractivity contribution in [3.8, 4) is 12.3 Å². The summed E-state index contributed by atoms with van der Waals surface area (Å²) in [7, 11) is 2.06. The van der Waals surface area contributed by atoms with E-state index in [1.54, 1.807) is 0 Å². The molecule has 2 fully saturated rings. The number of unbranched alkanes of at least 4 members (excludes halogenated alkanes) is 1. The molecule has 0 aromatic rings. The first kappa shape index (κ1) is 11.0. The lowest BCUT2D eigenvalue weighted by molar-refractivity contribution is 0.0855. The summed E-state index contributed by atoms with van der Waals surface area (Å²) in [6, 6.07) is 0.605. The minimum atomic E-state index is 0.526. The largest absolute Gasteiger partial charge is 0.375 e. The predicted molar refractivity (Wildman–Crippen MR) is 61.5 cm³/mol. The van der Waals surface area contributed by atoms with Crippen molar-refractivity contribution < 1.29 is 4.74 Å². The van der Waals surface area contributed by atoms with Crippen LogP contribution >= 0.6 is 0 Å². The standard InChI is InChI=1S/C13H21NO/c1-3-4-5-6-12(14-2)11-9-10-7-8-13(11)15-10/h1,10-14H,4-9H2,2H3. The monoisotopic (exact) mass is 207 g/mol. The zero-order chi connectivity index (χ0) is 10.7. The second-order valence-corrected chi connectivity index (χ2v) is 4.76. The van der Waals surface area contributed by atoms with Gasteiger partial charge in [0.05, 0.1) is 12.2 Å². The Morgan fingerprint density at radius 1 is 1.53 bits per heavy atom. The van der Waals surface area contributed by atoms with Gasteiger partial charge in [-0.2, -0.15) is 0 Å². The van der Waals surface area contributed by atoms with Gasteiger partial charge < -0.3 is 10.1 Å². The molecule has 4 unspecified atom stereocenters. The fourth-order valence-corrected chi connectivity index (χ4v) is 3.10. The average molecular weight is 207 g/mol. The summed E-state index contributed by atoms with van der Waals surface area (Å²) in [5.41, 5.74) is 0. The molecule has 2 nitrogen and oxygen atoms in total. The van der Waals surface area contributed by atoms with Crippen LogP contribution in [0, 0.1) is 18.3 Å². The molecular formula is C13H21NO. The highest BCUT2D eigenvalue weighted by Gasteiger charge is 2.43. The minimum Gasteiger partial charge on any atom is -0.375 e. The van der Waals surface area contributed by atoms with Crippen molar-refractivity contribution in [2.75, 3.05) is 7.05 Å². The third-order valence-corrected chi connectivity index (χ3v) is 3.88. The van der Waals surface area contributed by atoms with Crippen LogP contribution in [0.15, 0.2) is 0 Å². The van der Waals surface area contributed by atoms with E-state index < -0.39 is 0 Å². The Hall–Kier alpha value is -0.520. The first-order valence-electron chi connectivity index (χ1n) is 6.11. The highest BCUT2D eigenvalue weighted by atomic mass is 16.5. The van der Waals surface area contributed by atoms with Crippen LogP contribution in [0.3, 0.4) is 0 Å². The molecule has 1 N–H and O–H groups in total. The quantitative estimate of drug-likeness (QED) is 0.549. The Morgan fingerprint density at radius 2 is 2.40 bits per heavy atom. The minimum absolute atomic E-state index is 0.526. The lowest BCUT2D eigenvalue weighted by Gasteiger charge is -2.28. The van der Waals surface area contributed by atoms with E-state index in [4.69, 9.17) is 11.2 Å². The van der Waals surface area contributed by atoms with Crippen molar-refractivity contribution in [2.24, 2.45) is 5.92 Å². The van der Waals surface area contributed by atoms with E-state index >= 15 is 0 Å². The van der Waals surface area contributed by atoms with E-state index in [-0.39, 0.29) is 0 Å². The van der Waals surface area contributed by atoms with Gasteiger partial charge >= 0.3 is 0 Å². The number of ether oxygens (including phenoxy) is 1. The number of hydrogen-bond donors (Lipinski definition) is 1. The van der Waals surface area contributed by atoms with E-state index in [1.165, 1.54) is 25.7 Å². The van der Waals surface area contributed by atoms with E-state index in [0.29, 0.717) is 18.2 Å². The topological polar surface area (TPSA) is 21.3 Å². The predicted octanol–water partition coefficient (Wildman–Crippen LogP) is 1.95. The Bertz CT molecular complexity index is 245. The van der Waals surface area contributed by atoms with Gasteiger partial charge in [-0.1, -0.05) is 0 Å². The lowest BCUT2D eigenvalue weighted by Crippen LogP contribution is -2.38. The van der Waals surface area contributed by atoms with Crippen LogP contribution in [0.4, 0.5) is 0 Å². The SMILES string of the molecule is C#CCCCC(NC)C1CC2CCC1O2. The zero-order valence-electron chi connectivity index (χ0n) is 9.54. The van der Waals surface area contributed by atoms with Crippen LogP contribution in [0.25, 0.3) is 0 Å². The molecule has 0 radical (unpaired) electrons. The highest BCUT2D eigenvalue weighted by Crippen LogP contribution is 2.41.